The van der Waals surface area contributed by atoms with E-state index in [-0.39, 0.29) is 0 Å². The van der Waals surface area contributed by atoms with E-state index < -0.39 is 5.60 Å². The van der Waals surface area contributed by atoms with Gasteiger partial charge in [-0.1, -0.05) is 31.2 Å². The Hall–Kier alpha value is -2.65. The van der Waals surface area contributed by atoms with Crippen LogP contribution >= 0.6 is 0 Å². The molecular formula is C20H16N2O. The summed E-state index contributed by atoms with van der Waals surface area (Å²) in [6.45, 7) is 2.01. The van der Waals surface area contributed by atoms with Gasteiger partial charge in [-0.3, -0.25) is 0 Å². The van der Waals surface area contributed by atoms with Gasteiger partial charge in [0.25, 0.3) is 0 Å². The lowest BCUT2D eigenvalue weighted by Crippen LogP contribution is -2.19. The van der Waals surface area contributed by atoms with Crippen molar-refractivity contribution in [3.05, 3.63) is 66.0 Å². The van der Waals surface area contributed by atoms with Gasteiger partial charge < -0.3 is 9.51 Å². The molecule has 0 spiro atoms. The highest BCUT2D eigenvalue weighted by atomic mass is 16.3. The maximum absolute atomic E-state index is 10.8. The lowest BCUT2D eigenvalue weighted by atomic mass is 9.94. The highest BCUT2D eigenvalue weighted by molar-refractivity contribution is 6.01. The van der Waals surface area contributed by atoms with Gasteiger partial charge in [-0.05, 0) is 41.8 Å². The topological polar surface area (TPSA) is 37.5 Å². The summed E-state index contributed by atoms with van der Waals surface area (Å²) in [6, 6.07) is 12.4. The second-order valence-corrected chi connectivity index (χ2v) is 6.29. The number of nitrogens with zero attached hydrogens (tertiary/aromatic N) is 2. The van der Waals surface area contributed by atoms with Crippen LogP contribution in [-0.2, 0) is 5.60 Å². The van der Waals surface area contributed by atoms with Crippen LogP contribution in [0.4, 0.5) is 0 Å². The molecule has 0 fully saturated rings. The number of aliphatic hydroxyl groups is 1. The van der Waals surface area contributed by atoms with Gasteiger partial charge in [0.1, 0.15) is 5.60 Å². The molecule has 0 aliphatic heterocycles. The maximum atomic E-state index is 10.8. The minimum Gasteiger partial charge on any atom is -0.381 e. The Balaban J connectivity index is 1.89. The van der Waals surface area contributed by atoms with Gasteiger partial charge in [0.05, 0.1) is 16.6 Å². The van der Waals surface area contributed by atoms with E-state index in [2.05, 4.69) is 35.0 Å². The molecular weight excluding hydrogens is 284 g/mol. The molecule has 0 radical (unpaired) electrons. The van der Waals surface area contributed by atoms with Gasteiger partial charge in [0.15, 0.2) is 0 Å². The third-order valence-electron chi connectivity index (χ3n) is 4.97. The average molecular weight is 300 g/mol. The number of hydrogen-bond donors (Lipinski definition) is 1. The van der Waals surface area contributed by atoms with Crippen molar-refractivity contribution in [2.75, 3.05) is 0 Å². The van der Waals surface area contributed by atoms with Crippen molar-refractivity contribution in [2.45, 2.75) is 18.9 Å². The minimum absolute atomic E-state index is 0.668. The van der Waals surface area contributed by atoms with E-state index in [1.54, 1.807) is 0 Å². The van der Waals surface area contributed by atoms with Gasteiger partial charge in [-0.25, -0.2) is 4.98 Å². The Labute approximate surface area is 133 Å². The van der Waals surface area contributed by atoms with Crippen LogP contribution in [0.3, 0.4) is 0 Å². The Morgan fingerprint density at radius 1 is 1.13 bits per heavy atom. The minimum atomic E-state index is -0.857. The van der Waals surface area contributed by atoms with Crippen LogP contribution in [0.2, 0.25) is 0 Å². The Morgan fingerprint density at radius 3 is 2.87 bits per heavy atom. The molecule has 1 N–H and O–H groups in total. The van der Waals surface area contributed by atoms with Crippen molar-refractivity contribution < 1.29 is 5.11 Å². The largest absolute Gasteiger partial charge is 0.381 e. The molecule has 112 valence electrons. The van der Waals surface area contributed by atoms with Crippen molar-refractivity contribution >= 4 is 33.4 Å². The van der Waals surface area contributed by atoms with Crippen LogP contribution in [0.15, 0.2) is 54.9 Å². The Morgan fingerprint density at radius 2 is 2.00 bits per heavy atom. The molecule has 1 aromatic carbocycles. The van der Waals surface area contributed by atoms with Gasteiger partial charge in [-0.2, -0.15) is 0 Å². The normalized spacial score (nSPS) is 19.9. The lowest BCUT2D eigenvalue weighted by molar-refractivity contribution is 0.0887. The molecule has 4 aromatic rings. The van der Waals surface area contributed by atoms with Crippen LogP contribution < -0.4 is 0 Å². The fraction of sp³-hybridized carbons (Fsp3) is 0.150. The van der Waals surface area contributed by atoms with E-state index in [1.165, 1.54) is 0 Å². The number of hydrogen-bond acceptors (Lipinski definition) is 2. The molecule has 3 aromatic heterocycles. The third kappa shape index (κ3) is 1.65. The SMILES string of the molecule is CCC1(O)C=Cc2cn3cc4cc5ccccc5nc4c3cc21. The van der Waals surface area contributed by atoms with Gasteiger partial charge in [-0.15, -0.1) is 0 Å². The molecule has 0 saturated carbocycles. The molecule has 3 heterocycles. The number of rotatable bonds is 1. The summed E-state index contributed by atoms with van der Waals surface area (Å²) in [4.78, 5) is 4.84. The Kier molecular flexibility index (Phi) is 2.35. The predicted octanol–water partition coefficient (Wildman–Crippen LogP) is 4.27. The molecule has 1 unspecified atom stereocenters. The zero-order valence-electron chi connectivity index (χ0n) is 12.8. The molecule has 0 saturated heterocycles. The smallest absolute Gasteiger partial charge is 0.108 e. The van der Waals surface area contributed by atoms with Crippen LogP contribution in [-0.4, -0.2) is 14.5 Å². The van der Waals surface area contributed by atoms with Crippen LogP contribution in [0.5, 0.6) is 0 Å². The monoisotopic (exact) mass is 300 g/mol. The van der Waals surface area contributed by atoms with Crippen molar-refractivity contribution in [3.63, 3.8) is 0 Å². The molecule has 1 aliphatic rings. The van der Waals surface area contributed by atoms with E-state index in [4.69, 9.17) is 4.98 Å². The van der Waals surface area contributed by atoms with Crippen molar-refractivity contribution in [3.8, 4) is 0 Å². The molecule has 3 heteroatoms. The van der Waals surface area contributed by atoms with Crippen molar-refractivity contribution in [1.29, 1.82) is 0 Å². The summed E-state index contributed by atoms with van der Waals surface area (Å²) in [5.74, 6) is 0. The lowest BCUT2D eigenvalue weighted by Gasteiger charge is -2.20. The second kappa shape index (κ2) is 4.21. The predicted molar refractivity (Wildman–Crippen MR) is 93.4 cm³/mol. The molecule has 5 rings (SSSR count). The fourth-order valence-corrected chi connectivity index (χ4v) is 3.60. The molecule has 1 aliphatic carbocycles. The summed E-state index contributed by atoms with van der Waals surface area (Å²) in [6.07, 6.45) is 8.76. The van der Waals surface area contributed by atoms with E-state index in [0.29, 0.717) is 6.42 Å². The number of para-hydroxylation sites is 1. The first kappa shape index (κ1) is 12.9. The Bertz CT molecular complexity index is 1120. The second-order valence-electron chi connectivity index (χ2n) is 6.29. The first-order chi connectivity index (χ1) is 11.2. The van der Waals surface area contributed by atoms with Crippen LogP contribution in [0.1, 0.15) is 24.5 Å². The van der Waals surface area contributed by atoms with Crippen molar-refractivity contribution in [1.82, 2.24) is 9.38 Å². The van der Waals surface area contributed by atoms with Gasteiger partial charge in [0, 0.05) is 23.2 Å². The third-order valence-corrected chi connectivity index (χ3v) is 4.97. The molecule has 1 atom stereocenters. The molecule has 0 bridgehead atoms. The summed E-state index contributed by atoms with van der Waals surface area (Å²) in [5, 5.41) is 13.0. The zero-order chi connectivity index (χ0) is 15.6. The summed E-state index contributed by atoms with van der Waals surface area (Å²) < 4.78 is 2.11. The number of fused-ring (bicyclic) bond motifs is 5. The summed E-state index contributed by atoms with van der Waals surface area (Å²) in [7, 11) is 0. The zero-order valence-corrected chi connectivity index (χ0v) is 12.8. The highest BCUT2D eigenvalue weighted by Gasteiger charge is 2.31. The first-order valence-electron chi connectivity index (χ1n) is 7.94. The summed E-state index contributed by atoms with van der Waals surface area (Å²) in [5.41, 5.74) is 4.22. The van der Waals surface area contributed by atoms with Crippen LogP contribution in [0, 0.1) is 0 Å². The standard InChI is InChI=1S/C20H16N2O/c1-2-20(23)8-7-14-11-22-12-15-9-13-5-3-4-6-17(13)21-19(15)18(22)10-16(14)20/h3-12,23H,2H2,1H3. The highest BCUT2D eigenvalue weighted by Crippen LogP contribution is 2.38. The number of aromatic nitrogens is 2. The summed E-state index contributed by atoms with van der Waals surface area (Å²) >= 11 is 0. The van der Waals surface area contributed by atoms with Crippen LogP contribution in [0.25, 0.3) is 33.4 Å². The first-order valence-corrected chi connectivity index (χ1v) is 7.94. The number of pyridine rings is 2. The van der Waals surface area contributed by atoms with E-state index in [9.17, 15) is 5.11 Å². The van der Waals surface area contributed by atoms with Gasteiger partial charge >= 0.3 is 0 Å². The maximum Gasteiger partial charge on any atom is 0.108 e. The average Bonchev–Trinajstić information content (AvgIpc) is 3.09. The van der Waals surface area contributed by atoms with E-state index in [0.717, 1.165) is 38.4 Å². The molecule has 0 amide bonds. The van der Waals surface area contributed by atoms with E-state index >= 15 is 0 Å². The quantitative estimate of drug-likeness (QED) is 0.570. The van der Waals surface area contributed by atoms with Gasteiger partial charge in [0.2, 0.25) is 0 Å². The van der Waals surface area contributed by atoms with Crippen molar-refractivity contribution in [2.24, 2.45) is 0 Å². The van der Waals surface area contributed by atoms with E-state index in [1.807, 2.05) is 37.3 Å². The fourth-order valence-electron chi connectivity index (χ4n) is 3.60. The molecule has 23 heavy (non-hydrogen) atoms. The molecule has 3 nitrogen and oxygen atoms in total. The number of benzene rings is 1.